The minimum atomic E-state index is -3.47. The third-order valence-electron chi connectivity index (χ3n) is 4.25. The summed E-state index contributed by atoms with van der Waals surface area (Å²) in [5.41, 5.74) is -1.56. The number of halogens is 6. The van der Waals surface area contributed by atoms with Crippen LogP contribution in [-0.2, 0) is 0 Å². The average molecular weight is 490 g/mol. The van der Waals surface area contributed by atoms with Crippen molar-refractivity contribution in [2.75, 3.05) is 0 Å². The summed E-state index contributed by atoms with van der Waals surface area (Å²) in [6, 6.07) is 9.96. The van der Waals surface area contributed by atoms with Crippen LogP contribution in [0.1, 0.15) is 10.4 Å². The fourth-order valence-electron chi connectivity index (χ4n) is 2.65. The van der Waals surface area contributed by atoms with Crippen molar-refractivity contribution in [2.24, 2.45) is 0 Å². The highest BCUT2D eigenvalue weighted by Gasteiger charge is 2.30. The number of rotatable bonds is 6. The van der Waals surface area contributed by atoms with E-state index in [4.69, 9.17) is 28.3 Å². The molecule has 0 radical (unpaired) electrons. The monoisotopic (exact) mass is 489 g/mol. The van der Waals surface area contributed by atoms with Gasteiger partial charge in [-0.3, -0.25) is 9.59 Å². The van der Waals surface area contributed by atoms with Crippen LogP contribution in [0.5, 0.6) is 0 Å². The second-order valence-electron chi connectivity index (χ2n) is 6.47. The molecule has 0 saturated heterocycles. The van der Waals surface area contributed by atoms with Gasteiger partial charge in [0.15, 0.2) is 6.10 Å². The molecule has 0 bridgehead atoms. The Morgan fingerprint density at radius 1 is 1.06 bits per heavy atom. The van der Waals surface area contributed by atoms with Gasteiger partial charge >= 0.3 is 0 Å². The molecule has 3 aromatic rings. The smallest absolute Gasteiger partial charge is 0.284 e. The number of amides is 1. The van der Waals surface area contributed by atoms with Crippen LogP contribution in [0, 0.1) is 5.82 Å². The number of carbonyl (C=O) groups excluding carboxylic acids is 1. The molecule has 3 rings (SSSR count). The minimum Gasteiger partial charge on any atom is -0.382 e. The molecule has 12 heteroatoms. The number of hydrogen-bond acceptors (Lipinski definition) is 4. The Balaban J connectivity index is 2.15. The molecule has 2 N–H and O–H groups in total. The lowest BCUT2D eigenvalue weighted by Crippen LogP contribution is -2.45. The molecule has 1 unspecified atom stereocenters. The molecule has 1 amide bonds. The predicted octanol–water partition coefficient (Wildman–Crippen LogP) is 4.00. The highest BCUT2D eigenvalue weighted by Crippen LogP contribution is 2.28. The lowest BCUT2D eigenvalue weighted by atomic mass is 10.1. The molecule has 0 aliphatic rings. The van der Waals surface area contributed by atoms with Gasteiger partial charge in [0.2, 0.25) is 6.30 Å². The van der Waals surface area contributed by atoms with Crippen LogP contribution in [-0.4, -0.2) is 39.6 Å². The van der Waals surface area contributed by atoms with E-state index < -0.39 is 41.7 Å². The van der Waals surface area contributed by atoms with E-state index in [2.05, 4.69) is 5.10 Å². The Kier molecular flexibility index (Phi) is 7.17. The first kappa shape index (κ1) is 23.7. The summed E-state index contributed by atoms with van der Waals surface area (Å²) in [5, 5.41) is 15.1. The van der Waals surface area contributed by atoms with Crippen molar-refractivity contribution in [3.8, 4) is 16.9 Å². The number of aliphatic hydroxyl groups excluding tert-OH is 1. The first-order chi connectivity index (χ1) is 15.1. The van der Waals surface area contributed by atoms with E-state index in [1.54, 1.807) is 0 Å². The molecule has 1 aromatic heterocycles. The van der Waals surface area contributed by atoms with E-state index >= 15 is 0 Å². The van der Waals surface area contributed by atoms with Gasteiger partial charge in [-0.05, 0) is 36.4 Å². The van der Waals surface area contributed by atoms with Gasteiger partial charge in [0.25, 0.3) is 17.9 Å². The zero-order valence-corrected chi connectivity index (χ0v) is 17.3. The van der Waals surface area contributed by atoms with E-state index in [0.29, 0.717) is 10.2 Å². The van der Waals surface area contributed by atoms with Crippen molar-refractivity contribution in [3.05, 3.63) is 80.3 Å². The van der Waals surface area contributed by atoms with E-state index in [1.807, 2.05) is 0 Å². The van der Waals surface area contributed by atoms with E-state index in [-0.39, 0.29) is 21.4 Å². The van der Waals surface area contributed by atoms with Crippen LogP contribution in [0.3, 0.4) is 0 Å². The average Bonchev–Trinajstić information content (AvgIpc) is 2.75. The zero-order valence-electron chi connectivity index (χ0n) is 15.8. The number of nitrogens with one attached hydrogen (secondary N) is 1. The second-order valence-corrected chi connectivity index (χ2v) is 7.28. The summed E-state index contributed by atoms with van der Waals surface area (Å²) in [6.07, 6.45) is -9.13. The third-order valence-corrected chi connectivity index (χ3v) is 4.99. The second kappa shape index (κ2) is 9.68. The molecule has 2 atom stereocenters. The van der Waals surface area contributed by atoms with Crippen molar-refractivity contribution >= 4 is 29.1 Å². The number of hydrogen-bond donors (Lipinski definition) is 2. The third kappa shape index (κ3) is 5.09. The van der Waals surface area contributed by atoms with Crippen molar-refractivity contribution in [1.82, 2.24) is 15.1 Å². The summed E-state index contributed by atoms with van der Waals surface area (Å²) in [7, 11) is 0. The maximum atomic E-state index is 13.8. The first-order valence-electron chi connectivity index (χ1n) is 8.85. The van der Waals surface area contributed by atoms with E-state index in [0.717, 1.165) is 18.2 Å². The van der Waals surface area contributed by atoms with Gasteiger partial charge in [-0.1, -0.05) is 35.3 Å². The van der Waals surface area contributed by atoms with Crippen LogP contribution < -0.4 is 10.9 Å². The Hall–Kier alpha value is -2.95. The molecule has 6 nitrogen and oxygen atoms in total. The van der Waals surface area contributed by atoms with Gasteiger partial charge in [0.05, 0.1) is 21.4 Å². The number of aromatic nitrogens is 2. The van der Waals surface area contributed by atoms with Crippen molar-refractivity contribution in [2.45, 2.75) is 18.8 Å². The van der Waals surface area contributed by atoms with Gasteiger partial charge in [-0.25, -0.2) is 17.6 Å². The summed E-state index contributed by atoms with van der Waals surface area (Å²) >= 11 is 11.9. The zero-order chi connectivity index (χ0) is 23.6. The Labute approximate surface area is 188 Å². The summed E-state index contributed by atoms with van der Waals surface area (Å²) in [4.78, 5) is 25.3. The van der Waals surface area contributed by atoms with Gasteiger partial charge in [-0.2, -0.15) is 9.78 Å². The largest absolute Gasteiger partial charge is 0.382 e. The normalized spacial score (nSPS) is 13.1. The molecule has 0 aliphatic carbocycles. The highest BCUT2D eigenvalue weighted by molar-refractivity contribution is 6.42. The lowest BCUT2D eigenvalue weighted by molar-refractivity contribution is -0.0551. The van der Waals surface area contributed by atoms with Crippen molar-refractivity contribution in [1.29, 1.82) is 0 Å². The molecule has 0 saturated carbocycles. The van der Waals surface area contributed by atoms with E-state index in [9.17, 15) is 27.2 Å². The molecule has 1 heterocycles. The quantitative estimate of drug-likeness (QED) is 0.405. The summed E-state index contributed by atoms with van der Waals surface area (Å²) in [5.74, 6) is -2.10. The molecule has 2 aromatic carbocycles. The number of alkyl halides is 3. The fourth-order valence-corrected chi connectivity index (χ4v) is 2.95. The maximum absolute atomic E-state index is 13.8. The van der Waals surface area contributed by atoms with Gasteiger partial charge in [0.1, 0.15) is 11.4 Å². The number of carbonyl (C=O) groups is 1. The molecule has 168 valence electrons. The van der Waals surface area contributed by atoms with E-state index in [1.165, 1.54) is 35.6 Å². The molecular weight excluding hydrogens is 477 g/mol. The van der Waals surface area contributed by atoms with Crippen LogP contribution >= 0.6 is 23.2 Å². The van der Waals surface area contributed by atoms with Crippen LogP contribution in [0.4, 0.5) is 17.6 Å². The standard InChI is InChI=1S/C20H13Cl2F4N3O3/c21-13-5-4-9(6-14(13)22)15-8-12(19(31)27-18(26)16(30)17(24)25)20(32)29(28-15)11-3-1-2-10(23)7-11/h1-8,16-18,30H,(H,27,31)/t16-,18?/m0/s1. The minimum absolute atomic E-state index is 0.0117. The first-order valence-corrected chi connectivity index (χ1v) is 9.61. The SMILES string of the molecule is O=C(NC(F)[C@@H](O)C(F)F)c1cc(-c2ccc(Cl)c(Cl)c2)nn(-c2cccc(F)c2)c1=O. The van der Waals surface area contributed by atoms with Crippen molar-refractivity contribution < 1.29 is 27.5 Å². The topological polar surface area (TPSA) is 84.2 Å². The predicted molar refractivity (Wildman–Crippen MR) is 110 cm³/mol. The maximum Gasteiger partial charge on any atom is 0.284 e. The molecule has 0 aliphatic heterocycles. The molecule has 0 fully saturated rings. The Morgan fingerprint density at radius 2 is 1.78 bits per heavy atom. The summed E-state index contributed by atoms with van der Waals surface area (Å²) < 4.78 is 53.3. The Morgan fingerprint density at radius 3 is 2.41 bits per heavy atom. The highest BCUT2D eigenvalue weighted by atomic mass is 35.5. The Bertz CT molecular complexity index is 1220. The number of aliphatic hydroxyl groups is 1. The van der Waals surface area contributed by atoms with Gasteiger partial charge in [-0.15, -0.1) is 0 Å². The van der Waals surface area contributed by atoms with Gasteiger partial charge < -0.3 is 10.4 Å². The number of nitrogens with zero attached hydrogens (tertiary/aromatic N) is 2. The van der Waals surface area contributed by atoms with Crippen LogP contribution in [0.15, 0.2) is 53.3 Å². The molecule has 0 spiro atoms. The van der Waals surface area contributed by atoms with Crippen LogP contribution in [0.25, 0.3) is 16.9 Å². The number of benzene rings is 2. The van der Waals surface area contributed by atoms with Crippen LogP contribution in [0.2, 0.25) is 10.0 Å². The summed E-state index contributed by atoms with van der Waals surface area (Å²) in [6.45, 7) is 0. The fraction of sp³-hybridized carbons (Fsp3) is 0.150. The molecule has 32 heavy (non-hydrogen) atoms. The van der Waals surface area contributed by atoms with Crippen molar-refractivity contribution in [3.63, 3.8) is 0 Å². The lowest BCUT2D eigenvalue weighted by Gasteiger charge is -2.17. The molecular formula is C20H13Cl2F4N3O3. The van der Waals surface area contributed by atoms with Gasteiger partial charge in [0, 0.05) is 5.56 Å².